The smallest absolute Gasteiger partial charge is 0.330 e. The molecule has 0 saturated heterocycles. The number of imidazole rings is 1. The first-order valence-corrected chi connectivity index (χ1v) is 5.90. The van der Waals surface area contributed by atoms with Crippen molar-refractivity contribution in [2.75, 3.05) is 0 Å². The van der Waals surface area contributed by atoms with Crippen molar-refractivity contribution in [3.8, 4) is 0 Å². The van der Waals surface area contributed by atoms with Crippen molar-refractivity contribution >= 4 is 0 Å². The fourth-order valence-corrected chi connectivity index (χ4v) is 1.83. The van der Waals surface area contributed by atoms with E-state index in [2.05, 4.69) is 9.97 Å². The van der Waals surface area contributed by atoms with Crippen LogP contribution in [0.15, 0.2) is 30.9 Å². The van der Waals surface area contributed by atoms with Gasteiger partial charge in [-0.15, -0.1) is 0 Å². The average Bonchev–Trinajstić information content (AvgIpc) is 2.77. The summed E-state index contributed by atoms with van der Waals surface area (Å²) in [5.74, 6) is 0.310. The van der Waals surface area contributed by atoms with Crippen LogP contribution in [0.5, 0.6) is 0 Å². The van der Waals surface area contributed by atoms with Crippen molar-refractivity contribution < 1.29 is 13.2 Å². The number of hydrogen-bond donors (Lipinski definition) is 0. The monoisotopic (exact) mass is 269 g/mol. The molecule has 0 fully saturated rings. The standard InChI is InChI=1S/C13H14F3N3/c1-9(2)11-6-17-8-19(11)7-10-3-4-12(18-5-10)13(14,15)16/h3-6,8-9H,7H2,1-2H3. The fraction of sp³-hybridized carbons (Fsp3) is 0.385. The molecule has 0 aromatic carbocycles. The number of nitrogens with zero attached hydrogens (tertiary/aromatic N) is 3. The predicted octanol–water partition coefficient (Wildman–Crippen LogP) is 3.47. The lowest BCUT2D eigenvalue weighted by atomic mass is 10.1. The Labute approximate surface area is 109 Å². The SMILES string of the molecule is CC(C)c1cncn1Cc1ccc(C(F)(F)F)nc1. The lowest BCUT2D eigenvalue weighted by Gasteiger charge is -2.11. The first-order valence-electron chi connectivity index (χ1n) is 5.90. The molecule has 0 aliphatic carbocycles. The van der Waals surface area contributed by atoms with Crippen LogP contribution in [-0.4, -0.2) is 14.5 Å². The number of rotatable bonds is 3. The Hall–Kier alpha value is -1.85. The van der Waals surface area contributed by atoms with Gasteiger partial charge < -0.3 is 4.57 Å². The molecule has 0 radical (unpaired) electrons. The maximum atomic E-state index is 12.4. The zero-order valence-corrected chi connectivity index (χ0v) is 10.6. The molecular formula is C13H14F3N3. The predicted molar refractivity (Wildman–Crippen MR) is 64.7 cm³/mol. The Balaban J connectivity index is 2.18. The van der Waals surface area contributed by atoms with Crippen LogP contribution in [0.4, 0.5) is 13.2 Å². The number of hydrogen-bond acceptors (Lipinski definition) is 2. The quantitative estimate of drug-likeness (QED) is 0.854. The normalized spacial score (nSPS) is 12.1. The molecule has 2 rings (SSSR count). The van der Waals surface area contributed by atoms with Gasteiger partial charge in [-0.25, -0.2) is 4.98 Å². The molecule has 3 nitrogen and oxygen atoms in total. The van der Waals surface area contributed by atoms with Gasteiger partial charge in [0.1, 0.15) is 5.69 Å². The Morgan fingerprint density at radius 1 is 1.21 bits per heavy atom. The largest absolute Gasteiger partial charge is 0.433 e. The summed E-state index contributed by atoms with van der Waals surface area (Å²) in [6.07, 6.45) is 0.304. The Morgan fingerprint density at radius 2 is 1.95 bits per heavy atom. The second-order valence-electron chi connectivity index (χ2n) is 4.65. The molecular weight excluding hydrogens is 255 g/mol. The highest BCUT2D eigenvalue weighted by atomic mass is 19.4. The van der Waals surface area contributed by atoms with Gasteiger partial charge in [-0.3, -0.25) is 4.98 Å². The molecule has 0 saturated carbocycles. The highest BCUT2D eigenvalue weighted by molar-refractivity contribution is 5.17. The van der Waals surface area contributed by atoms with Gasteiger partial charge >= 0.3 is 6.18 Å². The van der Waals surface area contributed by atoms with Crippen LogP contribution in [0.2, 0.25) is 0 Å². The Kier molecular flexibility index (Phi) is 3.59. The fourth-order valence-electron chi connectivity index (χ4n) is 1.83. The highest BCUT2D eigenvalue weighted by Crippen LogP contribution is 2.27. The van der Waals surface area contributed by atoms with Crippen molar-refractivity contribution in [1.82, 2.24) is 14.5 Å². The highest BCUT2D eigenvalue weighted by Gasteiger charge is 2.31. The van der Waals surface area contributed by atoms with Crippen LogP contribution in [0.3, 0.4) is 0 Å². The number of pyridine rings is 1. The second kappa shape index (κ2) is 5.03. The molecule has 2 aromatic rings. The van der Waals surface area contributed by atoms with Gasteiger partial charge in [0.25, 0.3) is 0 Å². The summed E-state index contributed by atoms with van der Waals surface area (Å²) in [7, 11) is 0. The van der Waals surface area contributed by atoms with Crippen LogP contribution in [-0.2, 0) is 12.7 Å². The lowest BCUT2D eigenvalue weighted by Crippen LogP contribution is -2.09. The molecule has 0 N–H and O–H groups in total. The van der Waals surface area contributed by atoms with Gasteiger partial charge in [-0.05, 0) is 17.5 Å². The van der Waals surface area contributed by atoms with Gasteiger partial charge in [-0.1, -0.05) is 19.9 Å². The zero-order valence-electron chi connectivity index (χ0n) is 10.6. The van der Waals surface area contributed by atoms with Crippen molar-refractivity contribution in [1.29, 1.82) is 0 Å². The third-order valence-electron chi connectivity index (χ3n) is 2.80. The first-order chi connectivity index (χ1) is 8.88. The molecule has 102 valence electrons. The minimum atomic E-state index is -4.39. The maximum Gasteiger partial charge on any atom is 0.433 e. The van der Waals surface area contributed by atoms with E-state index in [0.29, 0.717) is 18.0 Å². The van der Waals surface area contributed by atoms with E-state index >= 15 is 0 Å². The second-order valence-corrected chi connectivity index (χ2v) is 4.65. The number of aromatic nitrogens is 3. The molecule has 19 heavy (non-hydrogen) atoms. The van der Waals surface area contributed by atoms with Crippen LogP contribution in [0, 0.1) is 0 Å². The van der Waals surface area contributed by atoms with Crippen LogP contribution < -0.4 is 0 Å². The van der Waals surface area contributed by atoms with Gasteiger partial charge in [0.2, 0.25) is 0 Å². The summed E-state index contributed by atoms with van der Waals surface area (Å²) in [6, 6.07) is 2.45. The molecule has 0 atom stereocenters. The van der Waals surface area contributed by atoms with Crippen molar-refractivity contribution in [3.63, 3.8) is 0 Å². The molecule has 0 spiro atoms. The molecule has 6 heteroatoms. The summed E-state index contributed by atoms with van der Waals surface area (Å²) in [4.78, 5) is 7.51. The molecule has 2 aromatic heterocycles. The molecule has 0 unspecified atom stereocenters. The summed E-state index contributed by atoms with van der Waals surface area (Å²) in [5, 5.41) is 0. The summed E-state index contributed by atoms with van der Waals surface area (Å²) in [6.45, 7) is 4.55. The number of alkyl halides is 3. The summed E-state index contributed by atoms with van der Waals surface area (Å²) in [5.41, 5.74) is 0.888. The topological polar surface area (TPSA) is 30.7 Å². The van der Waals surface area contributed by atoms with Crippen molar-refractivity contribution in [3.05, 3.63) is 47.8 Å². The number of halogens is 3. The molecule has 0 aliphatic heterocycles. The van der Waals surface area contributed by atoms with E-state index in [0.717, 1.165) is 11.8 Å². The van der Waals surface area contributed by atoms with E-state index in [1.165, 1.54) is 12.3 Å². The van der Waals surface area contributed by atoms with E-state index in [9.17, 15) is 13.2 Å². The third kappa shape index (κ3) is 3.13. The van der Waals surface area contributed by atoms with Gasteiger partial charge in [0.15, 0.2) is 0 Å². The van der Waals surface area contributed by atoms with Crippen LogP contribution in [0.1, 0.15) is 36.7 Å². The van der Waals surface area contributed by atoms with Crippen LogP contribution >= 0.6 is 0 Å². The zero-order chi connectivity index (χ0) is 14.0. The summed E-state index contributed by atoms with van der Waals surface area (Å²) < 4.78 is 39.1. The Morgan fingerprint density at radius 3 is 2.47 bits per heavy atom. The third-order valence-corrected chi connectivity index (χ3v) is 2.80. The van der Waals surface area contributed by atoms with E-state index in [4.69, 9.17) is 0 Å². The van der Waals surface area contributed by atoms with Crippen molar-refractivity contribution in [2.24, 2.45) is 0 Å². The maximum absolute atomic E-state index is 12.4. The first kappa shape index (κ1) is 13.6. The summed E-state index contributed by atoms with van der Waals surface area (Å²) >= 11 is 0. The molecule has 0 aliphatic rings. The molecule has 0 bridgehead atoms. The Bertz CT molecular complexity index is 541. The van der Waals surface area contributed by atoms with E-state index < -0.39 is 11.9 Å². The lowest BCUT2D eigenvalue weighted by molar-refractivity contribution is -0.141. The van der Waals surface area contributed by atoms with E-state index in [1.54, 1.807) is 12.5 Å². The van der Waals surface area contributed by atoms with Crippen molar-refractivity contribution in [2.45, 2.75) is 32.5 Å². The minimum Gasteiger partial charge on any atom is -0.330 e. The van der Waals surface area contributed by atoms with Gasteiger partial charge in [0.05, 0.1) is 12.9 Å². The van der Waals surface area contributed by atoms with Crippen LogP contribution in [0.25, 0.3) is 0 Å². The minimum absolute atomic E-state index is 0.310. The van der Waals surface area contributed by atoms with E-state index in [1.807, 2.05) is 18.4 Å². The van der Waals surface area contributed by atoms with Gasteiger partial charge in [0, 0.05) is 18.1 Å². The molecule has 2 heterocycles. The van der Waals surface area contributed by atoms with E-state index in [-0.39, 0.29) is 0 Å². The molecule has 0 amide bonds. The average molecular weight is 269 g/mol. The van der Waals surface area contributed by atoms with Gasteiger partial charge in [-0.2, -0.15) is 13.2 Å².